The van der Waals surface area contributed by atoms with E-state index in [1.54, 1.807) is 23.0 Å². The van der Waals surface area contributed by atoms with Crippen LogP contribution in [0.1, 0.15) is 30.6 Å². The summed E-state index contributed by atoms with van der Waals surface area (Å²) in [5.41, 5.74) is 9.47. The fourth-order valence-corrected chi connectivity index (χ4v) is 4.62. The number of hydrogen-bond donors (Lipinski definition) is 1. The Morgan fingerprint density at radius 1 is 1.20 bits per heavy atom. The molecule has 0 saturated carbocycles. The number of aryl methyl sites for hydroxylation is 1. The van der Waals surface area contributed by atoms with Crippen molar-refractivity contribution in [3.63, 3.8) is 0 Å². The van der Waals surface area contributed by atoms with E-state index in [0.717, 1.165) is 12.0 Å². The number of nitrogen functional groups attached to an aromatic ring is 1. The lowest BCUT2D eigenvalue weighted by Crippen LogP contribution is -2.39. The fraction of sp³-hybridized carbons (Fsp3) is 0.333. The number of pyridine rings is 1. The number of carbonyl (C=O) groups excluding carboxylic acids is 2. The van der Waals surface area contributed by atoms with Crippen LogP contribution in [0, 0.1) is 0 Å². The number of anilines is 1. The average molecular weight is 475 g/mol. The first-order chi connectivity index (χ1) is 16.9. The van der Waals surface area contributed by atoms with Crippen LogP contribution in [0.4, 0.5) is 5.82 Å². The van der Waals surface area contributed by atoms with Crippen LogP contribution in [0.3, 0.4) is 0 Å². The van der Waals surface area contributed by atoms with Crippen molar-refractivity contribution in [3.05, 3.63) is 42.1 Å². The quantitative estimate of drug-likeness (QED) is 0.466. The summed E-state index contributed by atoms with van der Waals surface area (Å²) in [5.74, 6) is 0.393. The summed E-state index contributed by atoms with van der Waals surface area (Å²) in [4.78, 5) is 38.5. The first kappa shape index (κ1) is 22.5. The summed E-state index contributed by atoms with van der Waals surface area (Å²) in [7, 11) is 1.77. The van der Waals surface area contributed by atoms with E-state index in [2.05, 4.69) is 15.3 Å². The first-order valence-electron chi connectivity index (χ1n) is 11.5. The van der Waals surface area contributed by atoms with Crippen LogP contribution < -0.4 is 5.73 Å². The van der Waals surface area contributed by atoms with Crippen LogP contribution in [-0.2, 0) is 11.3 Å². The molecule has 1 saturated heterocycles. The van der Waals surface area contributed by atoms with Gasteiger partial charge in [0.1, 0.15) is 5.52 Å². The lowest BCUT2D eigenvalue weighted by Gasteiger charge is -2.23. The number of nitrogens with two attached hydrogens (primary N) is 1. The van der Waals surface area contributed by atoms with Gasteiger partial charge in [-0.15, -0.1) is 0 Å². The molecule has 0 radical (unpaired) electrons. The maximum Gasteiger partial charge on any atom is 0.257 e. The molecule has 1 atom stereocenters. The van der Waals surface area contributed by atoms with Gasteiger partial charge in [-0.1, -0.05) is 30.3 Å². The maximum atomic E-state index is 13.7. The third-order valence-electron chi connectivity index (χ3n) is 6.58. The Kier molecular flexibility index (Phi) is 5.67. The highest BCUT2D eigenvalue weighted by molar-refractivity contribution is 6.08. The van der Waals surface area contributed by atoms with Gasteiger partial charge in [0.15, 0.2) is 17.3 Å². The Balaban J connectivity index is 1.66. The van der Waals surface area contributed by atoms with Crippen LogP contribution in [-0.4, -0.2) is 72.6 Å². The number of amides is 2. The predicted octanol–water partition coefficient (Wildman–Crippen LogP) is 2.44. The molecule has 0 aliphatic carbocycles. The zero-order valence-corrected chi connectivity index (χ0v) is 19.8. The summed E-state index contributed by atoms with van der Waals surface area (Å²) in [6.07, 6.45) is 2.33. The summed E-state index contributed by atoms with van der Waals surface area (Å²) in [6.45, 7) is 5.01. The van der Waals surface area contributed by atoms with Gasteiger partial charge in [0, 0.05) is 45.4 Å². The molecule has 3 aromatic heterocycles. The highest BCUT2D eigenvalue weighted by Crippen LogP contribution is 2.34. The van der Waals surface area contributed by atoms with Gasteiger partial charge in [-0.3, -0.25) is 14.6 Å². The third-order valence-corrected chi connectivity index (χ3v) is 6.58. The smallest absolute Gasteiger partial charge is 0.257 e. The molecule has 5 rings (SSSR count). The third kappa shape index (κ3) is 3.78. The van der Waals surface area contributed by atoms with Crippen molar-refractivity contribution in [3.8, 4) is 22.8 Å². The van der Waals surface area contributed by atoms with E-state index in [4.69, 9.17) is 15.3 Å². The minimum absolute atomic E-state index is 0.0175. The van der Waals surface area contributed by atoms with Crippen LogP contribution in [0.5, 0.6) is 0 Å². The number of hydrogen-bond acceptors (Lipinski definition) is 8. The van der Waals surface area contributed by atoms with Crippen LogP contribution in [0.25, 0.3) is 33.8 Å². The van der Waals surface area contributed by atoms with Gasteiger partial charge >= 0.3 is 0 Å². The van der Waals surface area contributed by atoms with Crippen molar-refractivity contribution in [1.82, 2.24) is 34.6 Å². The van der Waals surface area contributed by atoms with Gasteiger partial charge < -0.3 is 20.1 Å². The number of fused-ring (bicyclic) bond motifs is 1. The second-order valence-electron chi connectivity index (χ2n) is 8.59. The molecule has 1 fully saturated rings. The van der Waals surface area contributed by atoms with Crippen molar-refractivity contribution < 1.29 is 14.2 Å². The molecule has 0 bridgehead atoms. The number of likely N-dealkylation sites (tertiary alicyclic amines) is 1. The molecule has 0 spiro atoms. The zero-order valence-electron chi connectivity index (χ0n) is 19.8. The number of likely N-dealkylation sites (N-methyl/N-ethyl adjacent to an activating group) is 1. The van der Waals surface area contributed by atoms with E-state index in [9.17, 15) is 9.59 Å². The van der Waals surface area contributed by atoms with Gasteiger partial charge in [-0.05, 0) is 23.7 Å². The molecule has 1 aromatic carbocycles. The number of carbonyl (C=O) groups is 2. The number of aromatic nitrogens is 5. The van der Waals surface area contributed by atoms with Crippen LogP contribution in [0.2, 0.25) is 0 Å². The van der Waals surface area contributed by atoms with Gasteiger partial charge in [0.2, 0.25) is 5.91 Å². The Bertz CT molecular complexity index is 1410. The predicted molar refractivity (Wildman–Crippen MR) is 129 cm³/mol. The topological polar surface area (TPSA) is 136 Å². The molecular formula is C24H26N8O3. The standard InChI is InChI=1S/C24H26N8O3/c1-4-32-21-17(24(34)31-11-10-16(13-31)30(3)14(2)33)12-26-18(15-8-6-5-7-9-15)19(21)27-23(32)20-22(25)29-35-28-20/h5-9,12,16H,4,10-11,13H2,1-3H3,(H2,25,29). The molecule has 180 valence electrons. The Morgan fingerprint density at radius 3 is 2.63 bits per heavy atom. The van der Waals surface area contributed by atoms with Crippen molar-refractivity contribution >= 4 is 28.7 Å². The Morgan fingerprint density at radius 2 is 1.97 bits per heavy atom. The molecule has 1 unspecified atom stereocenters. The highest BCUT2D eigenvalue weighted by atomic mass is 16.6. The first-order valence-corrected chi connectivity index (χ1v) is 11.5. The van der Waals surface area contributed by atoms with Gasteiger partial charge in [-0.25, -0.2) is 9.61 Å². The lowest BCUT2D eigenvalue weighted by molar-refractivity contribution is -0.129. The van der Waals surface area contributed by atoms with Gasteiger partial charge in [0.05, 0.1) is 22.8 Å². The van der Waals surface area contributed by atoms with Gasteiger partial charge in [0.25, 0.3) is 5.91 Å². The average Bonchev–Trinajstić information content (AvgIpc) is 3.61. The minimum Gasteiger partial charge on any atom is -0.379 e. The molecule has 1 aliphatic rings. The maximum absolute atomic E-state index is 13.7. The number of rotatable bonds is 5. The van der Waals surface area contributed by atoms with E-state index in [1.807, 2.05) is 41.8 Å². The molecule has 2 N–H and O–H groups in total. The number of imidazole rings is 1. The van der Waals surface area contributed by atoms with E-state index in [-0.39, 0.29) is 23.7 Å². The zero-order chi connectivity index (χ0) is 24.7. The molecule has 35 heavy (non-hydrogen) atoms. The minimum atomic E-state index is -0.158. The molecule has 11 nitrogen and oxygen atoms in total. The van der Waals surface area contributed by atoms with Gasteiger partial charge in [-0.2, -0.15) is 0 Å². The molecule has 11 heteroatoms. The van der Waals surface area contributed by atoms with E-state index < -0.39 is 0 Å². The van der Waals surface area contributed by atoms with Crippen LogP contribution in [0.15, 0.2) is 41.2 Å². The second-order valence-corrected chi connectivity index (χ2v) is 8.59. The summed E-state index contributed by atoms with van der Waals surface area (Å²) >= 11 is 0. The monoisotopic (exact) mass is 474 g/mol. The van der Waals surface area contributed by atoms with Crippen molar-refractivity contribution in [2.24, 2.45) is 0 Å². The van der Waals surface area contributed by atoms with E-state index in [0.29, 0.717) is 53.4 Å². The lowest BCUT2D eigenvalue weighted by atomic mass is 10.1. The number of benzene rings is 1. The largest absolute Gasteiger partial charge is 0.379 e. The van der Waals surface area contributed by atoms with Crippen molar-refractivity contribution in [1.29, 1.82) is 0 Å². The van der Waals surface area contributed by atoms with E-state index in [1.165, 1.54) is 6.92 Å². The highest BCUT2D eigenvalue weighted by Gasteiger charge is 2.33. The van der Waals surface area contributed by atoms with Crippen molar-refractivity contribution in [2.45, 2.75) is 32.9 Å². The Hall–Kier alpha value is -4.28. The molecule has 4 heterocycles. The summed E-state index contributed by atoms with van der Waals surface area (Å²) < 4.78 is 6.71. The number of nitrogens with zero attached hydrogens (tertiary/aromatic N) is 7. The summed E-state index contributed by atoms with van der Waals surface area (Å²) in [6, 6.07) is 9.66. The second kappa shape index (κ2) is 8.82. The molecule has 2 amide bonds. The molecular weight excluding hydrogens is 448 g/mol. The normalized spacial score (nSPS) is 15.6. The molecule has 1 aliphatic heterocycles. The van der Waals surface area contributed by atoms with Crippen molar-refractivity contribution in [2.75, 3.05) is 25.9 Å². The summed E-state index contributed by atoms with van der Waals surface area (Å²) in [5, 5.41) is 7.64. The fourth-order valence-electron chi connectivity index (χ4n) is 4.62. The SMILES string of the molecule is CCn1c(-c2nonc2N)nc2c(-c3ccccc3)ncc(C(=O)N3CCC(N(C)C(C)=O)C3)c21. The molecule has 4 aromatic rings. The Labute approximate surface area is 201 Å². The van der Waals surface area contributed by atoms with Crippen LogP contribution >= 0.6 is 0 Å². The van der Waals surface area contributed by atoms with E-state index >= 15 is 0 Å².